The summed E-state index contributed by atoms with van der Waals surface area (Å²) in [6, 6.07) is 2.17. The Labute approximate surface area is 128 Å². The Hall–Kier alpha value is -1.87. The lowest BCUT2D eigenvalue weighted by Gasteiger charge is -2.14. The van der Waals surface area contributed by atoms with E-state index in [0.717, 1.165) is 6.07 Å². The third-order valence-corrected chi connectivity index (χ3v) is 3.83. The van der Waals surface area contributed by atoms with E-state index in [-0.39, 0.29) is 18.5 Å². The van der Waals surface area contributed by atoms with Crippen molar-refractivity contribution in [1.82, 2.24) is 0 Å². The number of benzene rings is 1. The van der Waals surface area contributed by atoms with Crippen LogP contribution in [0.4, 0.5) is 10.1 Å². The van der Waals surface area contributed by atoms with E-state index in [9.17, 15) is 17.6 Å². The van der Waals surface area contributed by atoms with E-state index in [4.69, 9.17) is 14.6 Å². The van der Waals surface area contributed by atoms with Crippen molar-refractivity contribution >= 4 is 21.7 Å². The number of aromatic carboxylic acids is 1. The third kappa shape index (κ3) is 4.85. The number of sulfonamides is 1. The van der Waals surface area contributed by atoms with Crippen LogP contribution in [0.1, 0.15) is 24.2 Å². The largest absolute Gasteiger partial charge is 0.494 e. The Morgan fingerprint density at radius 1 is 1.41 bits per heavy atom. The molecule has 1 aromatic carbocycles. The normalized spacial score (nSPS) is 11.5. The molecule has 0 spiro atoms. The molecule has 2 N–H and O–H groups in total. The van der Waals surface area contributed by atoms with Crippen LogP contribution in [0.5, 0.6) is 5.75 Å². The second-order valence-electron chi connectivity index (χ2n) is 4.65. The number of carboxylic acid groups (broad SMARTS) is 1. The van der Waals surface area contributed by atoms with Gasteiger partial charge < -0.3 is 14.6 Å². The smallest absolute Gasteiger partial charge is 0.338 e. The minimum Gasteiger partial charge on any atom is -0.494 e. The van der Waals surface area contributed by atoms with Crippen molar-refractivity contribution in [3.8, 4) is 5.75 Å². The van der Waals surface area contributed by atoms with E-state index in [1.54, 1.807) is 13.8 Å². The molecule has 22 heavy (non-hydrogen) atoms. The molecule has 0 atom stereocenters. The number of carbonyl (C=O) groups is 1. The maximum atomic E-state index is 14.1. The average molecular weight is 335 g/mol. The Balaban J connectivity index is 3.05. The van der Waals surface area contributed by atoms with Crippen LogP contribution in [-0.2, 0) is 14.8 Å². The fraction of sp³-hybridized carbons (Fsp3) is 0.462. The summed E-state index contributed by atoms with van der Waals surface area (Å²) in [6.07, 6.45) is -0.142. The van der Waals surface area contributed by atoms with E-state index in [2.05, 4.69) is 0 Å². The van der Waals surface area contributed by atoms with Crippen LogP contribution in [0.15, 0.2) is 12.1 Å². The highest BCUT2D eigenvalue weighted by atomic mass is 32.2. The molecule has 0 heterocycles. The van der Waals surface area contributed by atoms with Gasteiger partial charge in [0.1, 0.15) is 11.4 Å². The van der Waals surface area contributed by atoms with E-state index in [1.165, 1.54) is 13.2 Å². The molecule has 0 unspecified atom stereocenters. The van der Waals surface area contributed by atoms with Gasteiger partial charge in [-0.15, -0.1) is 0 Å². The van der Waals surface area contributed by atoms with Gasteiger partial charge >= 0.3 is 5.97 Å². The van der Waals surface area contributed by atoms with Crippen molar-refractivity contribution in [1.29, 1.82) is 0 Å². The van der Waals surface area contributed by atoms with Gasteiger partial charge in [0.2, 0.25) is 10.0 Å². The number of hydrogen-bond donors (Lipinski definition) is 2. The highest BCUT2D eigenvalue weighted by Gasteiger charge is 2.22. The molecule has 1 aromatic rings. The van der Waals surface area contributed by atoms with Crippen molar-refractivity contribution in [2.45, 2.75) is 20.0 Å². The van der Waals surface area contributed by atoms with Crippen molar-refractivity contribution < 1.29 is 32.2 Å². The number of hydrogen-bond acceptors (Lipinski definition) is 5. The predicted molar refractivity (Wildman–Crippen MR) is 78.4 cm³/mol. The first-order chi connectivity index (χ1) is 10.2. The molecule has 0 aliphatic rings. The molecule has 0 saturated carbocycles. The summed E-state index contributed by atoms with van der Waals surface area (Å²) in [5.74, 6) is -3.23. The van der Waals surface area contributed by atoms with Gasteiger partial charge in [0.25, 0.3) is 0 Å². The molecule has 124 valence electrons. The molecule has 0 amide bonds. The van der Waals surface area contributed by atoms with Gasteiger partial charge in [0.15, 0.2) is 5.82 Å². The first kappa shape index (κ1) is 18.2. The number of nitrogens with one attached hydrogen (secondary N) is 1. The SMILES string of the molecule is COc1ccc(C(=O)O)c(F)c1NS(=O)(=O)CCOC(C)C. The van der Waals surface area contributed by atoms with Crippen LogP contribution in [0.2, 0.25) is 0 Å². The first-order valence-electron chi connectivity index (χ1n) is 6.39. The summed E-state index contributed by atoms with van der Waals surface area (Å²) < 4.78 is 50.0. The lowest BCUT2D eigenvalue weighted by Crippen LogP contribution is -2.23. The van der Waals surface area contributed by atoms with Gasteiger partial charge in [0, 0.05) is 0 Å². The van der Waals surface area contributed by atoms with Crippen LogP contribution in [0, 0.1) is 5.82 Å². The average Bonchev–Trinajstić information content (AvgIpc) is 2.39. The highest BCUT2D eigenvalue weighted by Crippen LogP contribution is 2.30. The fourth-order valence-electron chi connectivity index (χ4n) is 1.59. The third-order valence-electron chi connectivity index (χ3n) is 2.61. The number of rotatable bonds is 8. The Kier molecular flexibility index (Phi) is 6.12. The second-order valence-corrected chi connectivity index (χ2v) is 6.49. The Morgan fingerprint density at radius 3 is 2.55 bits per heavy atom. The van der Waals surface area contributed by atoms with Gasteiger partial charge in [-0.3, -0.25) is 4.72 Å². The van der Waals surface area contributed by atoms with Crippen molar-refractivity contribution in [3.05, 3.63) is 23.5 Å². The highest BCUT2D eigenvalue weighted by molar-refractivity contribution is 7.92. The summed E-state index contributed by atoms with van der Waals surface area (Å²) in [7, 11) is -2.70. The monoisotopic (exact) mass is 335 g/mol. The molecule has 0 bridgehead atoms. The molecule has 1 rings (SSSR count). The maximum Gasteiger partial charge on any atom is 0.338 e. The van der Waals surface area contributed by atoms with Gasteiger partial charge in [-0.2, -0.15) is 0 Å². The molecule has 7 nitrogen and oxygen atoms in total. The number of anilines is 1. The van der Waals surface area contributed by atoms with Gasteiger partial charge in [-0.25, -0.2) is 17.6 Å². The van der Waals surface area contributed by atoms with Gasteiger partial charge in [-0.05, 0) is 26.0 Å². The number of halogens is 1. The molecule has 0 fully saturated rings. The fourth-order valence-corrected chi connectivity index (χ4v) is 2.51. The molecule has 0 aliphatic heterocycles. The molecule has 0 saturated heterocycles. The van der Waals surface area contributed by atoms with Crippen LogP contribution in [-0.4, -0.2) is 45.1 Å². The first-order valence-corrected chi connectivity index (χ1v) is 8.05. The summed E-state index contributed by atoms with van der Waals surface area (Å²) in [6.45, 7) is 3.42. The van der Waals surface area contributed by atoms with Gasteiger partial charge in [-0.1, -0.05) is 0 Å². The topological polar surface area (TPSA) is 102 Å². The van der Waals surface area contributed by atoms with E-state index in [0.29, 0.717) is 0 Å². The molecular weight excluding hydrogens is 317 g/mol. The minimum absolute atomic E-state index is 0.0739. The number of ether oxygens (including phenoxy) is 2. The number of carboxylic acids is 1. The molecule has 0 radical (unpaired) electrons. The molecular formula is C13H18FNO6S. The van der Waals surface area contributed by atoms with E-state index >= 15 is 0 Å². The molecule has 0 aromatic heterocycles. The Morgan fingerprint density at radius 2 is 2.05 bits per heavy atom. The summed E-state index contributed by atoms with van der Waals surface area (Å²) >= 11 is 0. The van der Waals surface area contributed by atoms with Crippen molar-refractivity contribution in [2.75, 3.05) is 24.2 Å². The number of methoxy groups -OCH3 is 1. The summed E-state index contributed by atoms with van der Waals surface area (Å²) in [5, 5.41) is 8.88. The quantitative estimate of drug-likeness (QED) is 0.750. The van der Waals surface area contributed by atoms with Gasteiger partial charge in [0.05, 0.1) is 31.1 Å². The molecule has 0 aliphatic carbocycles. The summed E-state index contributed by atoms with van der Waals surface area (Å²) in [5.41, 5.74) is -1.19. The summed E-state index contributed by atoms with van der Waals surface area (Å²) in [4.78, 5) is 10.9. The van der Waals surface area contributed by atoms with Crippen molar-refractivity contribution in [2.24, 2.45) is 0 Å². The zero-order chi connectivity index (χ0) is 16.9. The second kappa shape index (κ2) is 7.41. The van der Waals surface area contributed by atoms with E-state index in [1.807, 2.05) is 4.72 Å². The lowest BCUT2D eigenvalue weighted by molar-refractivity contribution is 0.0691. The standard InChI is InChI=1S/C13H18FNO6S/c1-8(2)21-6-7-22(18,19)15-12-10(20-3)5-4-9(11(12)14)13(16)17/h4-5,8,15H,6-7H2,1-3H3,(H,16,17). The van der Waals surface area contributed by atoms with Crippen LogP contribution >= 0.6 is 0 Å². The van der Waals surface area contributed by atoms with Crippen molar-refractivity contribution in [3.63, 3.8) is 0 Å². The maximum absolute atomic E-state index is 14.1. The minimum atomic E-state index is -3.92. The van der Waals surface area contributed by atoms with Crippen LogP contribution in [0.3, 0.4) is 0 Å². The van der Waals surface area contributed by atoms with E-state index < -0.39 is 38.8 Å². The zero-order valence-electron chi connectivity index (χ0n) is 12.4. The van der Waals surface area contributed by atoms with Crippen LogP contribution < -0.4 is 9.46 Å². The van der Waals surface area contributed by atoms with Crippen LogP contribution in [0.25, 0.3) is 0 Å². The Bertz CT molecular complexity index is 644. The zero-order valence-corrected chi connectivity index (χ0v) is 13.2. The molecule has 9 heteroatoms. The predicted octanol–water partition coefficient (Wildman–Crippen LogP) is 1.70. The lowest BCUT2D eigenvalue weighted by atomic mass is 10.2.